The van der Waals surface area contributed by atoms with E-state index in [2.05, 4.69) is 15.8 Å². The topological polar surface area (TPSA) is 134 Å². The van der Waals surface area contributed by atoms with Crippen LogP contribution in [0.25, 0.3) is 0 Å². The van der Waals surface area contributed by atoms with Crippen molar-refractivity contribution in [2.75, 3.05) is 7.05 Å². The number of amides is 1. The molecule has 1 amide bonds. The van der Waals surface area contributed by atoms with Gasteiger partial charge >= 0.3 is 5.97 Å². The molecule has 0 saturated carbocycles. The van der Waals surface area contributed by atoms with Gasteiger partial charge in [-0.25, -0.2) is 4.79 Å². The summed E-state index contributed by atoms with van der Waals surface area (Å²) in [5.74, 6) is -2.06. The van der Waals surface area contributed by atoms with Crippen LogP contribution in [0.3, 0.4) is 0 Å². The zero-order chi connectivity index (χ0) is 22.4. The summed E-state index contributed by atoms with van der Waals surface area (Å²) in [4.78, 5) is 40.0. The third-order valence-corrected chi connectivity index (χ3v) is 4.63. The second-order valence-electron chi connectivity index (χ2n) is 6.70. The summed E-state index contributed by atoms with van der Waals surface area (Å²) < 4.78 is 0. The van der Waals surface area contributed by atoms with Crippen LogP contribution in [-0.2, 0) is 4.79 Å². The lowest BCUT2D eigenvalue weighted by Gasteiger charge is -2.13. The van der Waals surface area contributed by atoms with Crippen LogP contribution in [-0.4, -0.2) is 35.5 Å². The first-order chi connectivity index (χ1) is 14.1. The summed E-state index contributed by atoms with van der Waals surface area (Å²) >= 11 is 0. The SMILES string of the molecule is CN=C(C(=O)C(N)=C(C)NNC(=O)c1ccc(C(=O)O)cc1)c1ccc(C)c(C)c1. The quantitative estimate of drug-likeness (QED) is 0.315. The number of carbonyl (C=O) groups excluding carboxylic acids is 2. The van der Waals surface area contributed by atoms with E-state index in [1.807, 2.05) is 26.0 Å². The Morgan fingerprint density at radius 2 is 1.47 bits per heavy atom. The minimum Gasteiger partial charge on any atom is -0.478 e. The zero-order valence-corrected chi connectivity index (χ0v) is 17.2. The van der Waals surface area contributed by atoms with Gasteiger partial charge in [-0.3, -0.25) is 20.0 Å². The van der Waals surface area contributed by atoms with E-state index < -0.39 is 17.7 Å². The largest absolute Gasteiger partial charge is 0.478 e. The van der Waals surface area contributed by atoms with Gasteiger partial charge in [0.1, 0.15) is 11.4 Å². The van der Waals surface area contributed by atoms with Gasteiger partial charge in [0, 0.05) is 18.2 Å². The van der Waals surface area contributed by atoms with Crippen molar-refractivity contribution in [2.24, 2.45) is 10.7 Å². The third-order valence-electron chi connectivity index (χ3n) is 4.63. The van der Waals surface area contributed by atoms with Gasteiger partial charge in [-0.05, 0) is 62.2 Å². The normalized spacial score (nSPS) is 12.1. The van der Waals surface area contributed by atoms with Gasteiger partial charge in [0.25, 0.3) is 5.91 Å². The molecule has 0 fully saturated rings. The number of ketones is 1. The minimum atomic E-state index is -1.08. The third kappa shape index (κ3) is 5.11. The number of carbonyl (C=O) groups is 3. The number of carboxylic acids is 1. The van der Waals surface area contributed by atoms with E-state index >= 15 is 0 Å². The standard InChI is InChI=1S/C22H24N4O4/c1-12-5-6-17(11-13(12)2)19(24-4)20(27)18(23)14(3)25-26-21(28)15-7-9-16(10-8-15)22(29)30/h5-11,25H,23H2,1-4H3,(H,26,28)(H,29,30). The maximum absolute atomic E-state index is 12.8. The highest BCUT2D eigenvalue weighted by Gasteiger charge is 2.19. The summed E-state index contributed by atoms with van der Waals surface area (Å²) in [6.45, 7) is 5.47. The summed E-state index contributed by atoms with van der Waals surface area (Å²) in [5.41, 5.74) is 14.5. The van der Waals surface area contributed by atoms with E-state index in [4.69, 9.17) is 10.8 Å². The summed E-state index contributed by atoms with van der Waals surface area (Å²) in [6.07, 6.45) is 0. The minimum absolute atomic E-state index is 0.0724. The molecule has 0 aliphatic rings. The van der Waals surface area contributed by atoms with Crippen molar-refractivity contribution in [3.8, 4) is 0 Å². The van der Waals surface area contributed by atoms with Gasteiger partial charge in [-0.1, -0.05) is 12.1 Å². The maximum atomic E-state index is 12.8. The van der Waals surface area contributed by atoms with Crippen LogP contribution in [0.15, 0.2) is 58.9 Å². The number of carboxylic acid groups (broad SMARTS) is 1. The van der Waals surface area contributed by atoms with Gasteiger partial charge in [0.15, 0.2) is 0 Å². The van der Waals surface area contributed by atoms with E-state index in [0.717, 1.165) is 11.1 Å². The van der Waals surface area contributed by atoms with Crippen molar-refractivity contribution in [1.29, 1.82) is 0 Å². The van der Waals surface area contributed by atoms with Crippen molar-refractivity contribution in [1.82, 2.24) is 10.9 Å². The number of Topliss-reactive ketones (excluding diaryl/α,β-unsaturated/α-hetero) is 1. The van der Waals surface area contributed by atoms with Crippen LogP contribution >= 0.6 is 0 Å². The molecule has 0 atom stereocenters. The number of aliphatic imine (C=N–C) groups is 1. The average Bonchev–Trinajstić information content (AvgIpc) is 2.74. The van der Waals surface area contributed by atoms with Gasteiger partial charge in [-0.2, -0.15) is 0 Å². The molecule has 0 aromatic heterocycles. The highest BCUT2D eigenvalue weighted by atomic mass is 16.4. The first-order valence-corrected chi connectivity index (χ1v) is 9.10. The number of aromatic carboxylic acids is 1. The van der Waals surface area contributed by atoms with Crippen molar-refractivity contribution in [2.45, 2.75) is 20.8 Å². The van der Waals surface area contributed by atoms with E-state index in [1.54, 1.807) is 13.0 Å². The molecule has 0 heterocycles. The van der Waals surface area contributed by atoms with E-state index in [0.29, 0.717) is 5.56 Å². The molecular formula is C22H24N4O4. The lowest BCUT2D eigenvalue weighted by Crippen LogP contribution is -2.38. The van der Waals surface area contributed by atoms with E-state index in [1.165, 1.54) is 31.3 Å². The van der Waals surface area contributed by atoms with Crippen molar-refractivity contribution >= 4 is 23.4 Å². The number of hydrazine groups is 1. The molecule has 0 spiro atoms. The Labute approximate surface area is 174 Å². The fourth-order valence-corrected chi connectivity index (χ4v) is 2.60. The van der Waals surface area contributed by atoms with Gasteiger partial charge < -0.3 is 16.3 Å². The summed E-state index contributed by atoms with van der Waals surface area (Å²) in [5, 5.41) is 8.91. The molecule has 8 nitrogen and oxygen atoms in total. The molecule has 0 aliphatic heterocycles. The number of allylic oxidation sites excluding steroid dienone is 2. The maximum Gasteiger partial charge on any atom is 0.335 e. The molecular weight excluding hydrogens is 384 g/mol. The van der Waals surface area contributed by atoms with Crippen molar-refractivity contribution in [3.63, 3.8) is 0 Å². The summed E-state index contributed by atoms with van der Waals surface area (Å²) in [6, 6.07) is 11.0. The fraction of sp³-hybridized carbons (Fsp3) is 0.182. The Morgan fingerprint density at radius 1 is 0.900 bits per heavy atom. The van der Waals surface area contributed by atoms with Crippen molar-refractivity contribution in [3.05, 3.63) is 81.7 Å². The van der Waals surface area contributed by atoms with Crippen LogP contribution in [0.4, 0.5) is 0 Å². The predicted molar refractivity (Wildman–Crippen MR) is 114 cm³/mol. The number of nitrogens with two attached hydrogens (primary N) is 1. The second-order valence-corrected chi connectivity index (χ2v) is 6.70. The summed E-state index contributed by atoms with van der Waals surface area (Å²) in [7, 11) is 1.51. The molecule has 0 unspecified atom stereocenters. The molecule has 2 aromatic rings. The number of nitrogens with one attached hydrogen (secondary N) is 2. The van der Waals surface area contributed by atoms with Crippen LogP contribution in [0.2, 0.25) is 0 Å². The number of hydrogen-bond acceptors (Lipinski definition) is 6. The number of benzene rings is 2. The Kier molecular flexibility index (Phi) is 7.08. The number of rotatable bonds is 7. The van der Waals surface area contributed by atoms with Crippen molar-refractivity contribution < 1.29 is 19.5 Å². The molecule has 5 N–H and O–H groups in total. The molecule has 0 saturated heterocycles. The molecule has 8 heteroatoms. The fourth-order valence-electron chi connectivity index (χ4n) is 2.60. The smallest absolute Gasteiger partial charge is 0.335 e. The van der Waals surface area contributed by atoms with Gasteiger partial charge in [-0.15, -0.1) is 0 Å². The lowest BCUT2D eigenvalue weighted by molar-refractivity contribution is -0.109. The predicted octanol–water partition coefficient (Wildman–Crippen LogP) is 2.11. The molecule has 2 rings (SSSR count). The molecule has 0 radical (unpaired) electrons. The van der Waals surface area contributed by atoms with Gasteiger partial charge in [0.2, 0.25) is 5.78 Å². The molecule has 0 aliphatic carbocycles. The molecule has 156 valence electrons. The Morgan fingerprint density at radius 3 is 2.00 bits per heavy atom. The Bertz CT molecular complexity index is 1050. The van der Waals surface area contributed by atoms with E-state index in [-0.39, 0.29) is 28.2 Å². The number of aryl methyl sites for hydroxylation is 2. The number of hydrogen-bond donors (Lipinski definition) is 4. The Hall–Kier alpha value is -3.94. The molecule has 0 bridgehead atoms. The van der Waals surface area contributed by atoms with Crippen LogP contribution in [0.1, 0.15) is 44.3 Å². The first kappa shape index (κ1) is 22.4. The lowest BCUT2D eigenvalue weighted by atomic mass is 9.99. The second kappa shape index (κ2) is 9.51. The molecule has 2 aromatic carbocycles. The monoisotopic (exact) mass is 408 g/mol. The number of nitrogens with zero attached hydrogens (tertiary/aromatic N) is 1. The van der Waals surface area contributed by atoms with Crippen LogP contribution in [0.5, 0.6) is 0 Å². The highest BCUT2D eigenvalue weighted by Crippen LogP contribution is 2.13. The first-order valence-electron chi connectivity index (χ1n) is 9.10. The molecule has 30 heavy (non-hydrogen) atoms. The highest BCUT2D eigenvalue weighted by molar-refractivity contribution is 6.51. The van der Waals surface area contributed by atoms with Crippen LogP contribution < -0.4 is 16.6 Å². The average molecular weight is 408 g/mol. The van der Waals surface area contributed by atoms with Gasteiger partial charge in [0.05, 0.1) is 11.3 Å². The zero-order valence-electron chi connectivity index (χ0n) is 17.2. The van der Waals surface area contributed by atoms with E-state index in [9.17, 15) is 14.4 Å². The van der Waals surface area contributed by atoms with Crippen LogP contribution in [0, 0.1) is 13.8 Å². The Balaban J connectivity index is 2.12.